The van der Waals surface area contributed by atoms with Crippen LogP contribution < -0.4 is 4.90 Å². The third-order valence-corrected chi connectivity index (χ3v) is 5.18. The molecule has 0 aliphatic carbocycles. The summed E-state index contributed by atoms with van der Waals surface area (Å²) in [5.41, 5.74) is 1.94. The number of hydrogen-bond acceptors (Lipinski definition) is 5. The number of esters is 1. The van der Waals surface area contributed by atoms with Crippen molar-refractivity contribution < 1.29 is 23.1 Å². The third-order valence-electron chi connectivity index (χ3n) is 4.06. The van der Waals surface area contributed by atoms with Crippen molar-refractivity contribution in [2.24, 2.45) is 0 Å². The Kier molecular flexibility index (Phi) is 7.44. The molecule has 156 valence electrons. The molecule has 9 heteroatoms. The number of nitrogens with zero attached hydrogens (tertiary/aromatic N) is 3. The van der Waals surface area contributed by atoms with Crippen molar-refractivity contribution in [2.45, 2.75) is 27.2 Å². The topological polar surface area (TPSA) is 62.7 Å². The van der Waals surface area contributed by atoms with Gasteiger partial charge in [0.25, 0.3) is 6.08 Å². The molecule has 29 heavy (non-hydrogen) atoms. The number of ether oxygens (including phenoxy) is 1. The van der Waals surface area contributed by atoms with Crippen LogP contribution in [0.25, 0.3) is 0 Å². The summed E-state index contributed by atoms with van der Waals surface area (Å²) in [5, 5.41) is 0.322. The number of thiazole rings is 1. The lowest BCUT2D eigenvalue weighted by Crippen LogP contribution is -2.35. The maximum Gasteiger partial charge on any atom is 0.350 e. The lowest BCUT2D eigenvalue weighted by molar-refractivity contribution is 0.0512. The lowest BCUT2D eigenvalue weighted by atomic mass is 10.2. The van der Waals surface area contributed by atoms with Gasteiger partial charge in [0, 0.05) is 20.5 Å². The van der Waals surface area contributed by atoms with Crippen molar-refractivity contribution in [1.82, 2.24) is 9.88 Å². The highest BCUT2D eigenvalue weighted by Crippen LogP contribution is 2.33. The quantitative estimate of drug-likeness (QED) is 0.592. The Morgan fingerprint density at radius 2 is 1.76 bits per heavy atom. The minimum atomic E-state index is -1.77. The molecule has 0 N–H and O–H groups in total. The zero-order chi connectivity index (χ0) is 21.7. The van der Waals surface area contributed by atoms with Crippen molar-refractivity contribution in [3.05, 3.63) is 52.1 Å². The largest absolute Gasteiger partial charge is 0.461 e. The molecular weight excluding hydrogens is 400 g/mol. The van der Waals surface area contributed by atoms with Gasteiger partial charge in [-0.15, -0.1) is 0 Å². The van der Waals surface area contributed by atoms with E-state index in [1.807, 2.05) is 19.1 Å². The molecule has 0 aliphatic heterocycles. The van der Waals surface area contributed by atoms with Crippen LogP contribution in [-0.4, -0.2) is 42.6 Å². The summed E-state index contributed by atoms with van der Waals surface area (Å²) in [7, 11) is 3.25. The molecule has 6 nitrogen and oxygen atoms in total. The fourth-order valence-electron chi connectivity index (χ4n) is 2.32. The Bertz CT molecular complexity index is 920. The molecule has 2 aromatic rings. The van der Waals surface area contributed by atoms with E-state index in [9.17, 15) is 18.4 Å². The molecule has 1 aromatic carbocycles. The minimum Gasteiger partial charge on any atom is -0.461 e. The van der Waals surface area contributed by atoms with Crippen LogP contribution in [0.4, 0.5) is 24.4 Å². The number of anilines is 2. The van der Waals surface area contributed by atoms with Crippen LogP contribution in [0, 0.1) is 13.8 Å². The number of benzene rings is 1. The monoisotopic (exact) mass is 423 g/mol. The van der Waals surface area contributed by atoms with E-state index < -0.39 is 12.0 Å². The Labute approximate surface area is 172 Å². The molecule has 0 spiro atoms. The molecule has 0 aliphatic rings. The maximum atomic E-state index is 12.8. The highest BCUT2D eigenvalue weighted by Gasteiger charge is 2.26. The van der Waals surface area contributed by atoms with Gasteiger partial charge in [-0.2, -0.15) is 8.78 Å². The van der Waals surface area contributed by atoms with Gasteiger partial charge in [-0.05, 0) is 38.5 Å². The first kappa shape index (κ1) is 22.5. The summed E-state index contributed by atoms with van der Waals surface area (Å²) in [6, 6.07) is 7.03. The van der Waals surface area contributed by atoms with Crippen molar-refractivity contribution >= 4 is 34.2 Å². The van der Waals surface area contributed by atoms with E-state index >= 15 is 0 Å². The molecule has 1 heterocycles. The second kappa shape index (κ2) is 9.60. The number of carbonyl (C=O) groups excluding carboxylic acids is 2. The number of amides is 2. The Hall–Kier alpha value is -2.81. The second-order valence-electron chi connectivity index (χ2n) is 6.69. The standard InChI is InChI=1S/C20H23F2N3O3S/c1-12-6-8-15(9-7-12)25(20(27)24(4)5)19-23-14(3)16(29-19)18(26)28-11-10-13(2)17(21)22/h6-9H,10-11H2,1-5H3. The maximum absolute atomic E-state index is 12.8. The van der Waals surface area contributed by atoms with Gasteiger partial charge in [0.2, 0.25) is 0 Å². The van der Waals surface area contributed by atoms with E-state index in [0.717, 1.165) is 16.9 Å². The zero-order valence-electron chi connectivity index (χ0n) is 17.0. The van der Waals surface area contributed by atoms with Gasteiger partial charge in [-0.3, -0.25) is 0 Å². The van der Waals surface area contributed by atoms with Crippen LogP contribution >= 0.6 is 11.3 Å². The van der Waals surface area contributed by atoms with E-state index in [1.165, 1.54) is 16.7 Å². The molecule has 2 amide bonds. The molecule has 0 radical (unpaired) electrons. The van der Waals surface area contributed by atoms with Crippen LogP contribution in [-0.2, 0) is 4.74 Å². The van der Waals surface area contributed by atoms with Crippen molar-refractivity contribution in [3.63, 3.8) is 0 Å². The van der Waals surface area contributed by atoms with Gasteiger partial charge in [0.1, 0.15) is 4.88 Å². The zero-order valence-corrected chi connectivity index (χ0v) is 17.8. The molecule has 0 atom stereocenters. The van der Waals surface area contributed by atoms with Crippen molar-refractivity contribution in [1.29, 1.82) is 0 Å². The molecular formula is C20H23F2N3O3S. The first-order valence-electron chi connectivity index (χ1n) is 8.85. The fourth-order valence-corrected chi connectivity index (χ4v) is 3.30. The second-order valence-corrected chi connectivity index (χ2v) is 7.66. The molecule has 0 saturated carbocycles. The predicted octanol–water partition coefficient (Wildman–Crippen LogP) is 5.30. The summed E-state index contributed by atoms with van der Waals surface area (Å²) in [6.07, 6.45) is -1.82. The number of aryl methyl sites for hydroxylation is 2. The number of halogens is 2. The predicted molar refractivity (Wildman–Crippen MR) is 109 cm³/mol. The van der Waals surface area contributed by atoms with Crippen LogP contribution in [0.2, 0.25) is 0 Å². The van der Waals surface area contributed by atoms with E-state index in [0.29, 0.717) is 16.5 Å². The third kappa shape index (κ3) is 5.60. The SMILES string of the molecule is CC(CCOC(=O)c1sc(N(C(=O)N(C)C)c2ccc(C)cc2)nc1C)=C(F)F. The number of urea groups is 1. The molecule has 0 saturated heterocycles. The molecule has 2 rings (SSSR count). The normalized spacial score (nSPS) is 10.4. The Morgan fingerprint density at radius 1 is 1.14 bits per heavy atom. The fraction of sp³-hybridized carbons (Fsp3) is 0.350. The van der Waals surface area contributed by atoms with Crippen LogP contribution in [0.1, 0.15) is 34.3 Å². The Balaban J connectivity index is 2.28. The van der Waals surface area contributed by atoms with Gasteiger partial charge < -0.3 is 9.64 Å². The smallest absolute Gasteiger partial charge is 0.350 e. The molecule has 0 unspecified atom stereocenters. The van der Waals surface area contributed by atoms with Gasteiger partial charge >= 0.3 is 12.0 Å². The highest BCUT2D eigenvalue weighted by molar-refractivity contribution is 7.17. The van der Waals surface area contributed by atoms with Crippen LogP contribution in [0.15, 0.2) is 35.9 Å². The van der Waals surface area contributed by atoms with Gasteiger partial charge in [0.15, 0.2) is 5.13 Å². The van der Waals surface area contributed by atoms with E-state index in [2.05, 4.69) is 4.98 Å². The summed E-state index contributed by atoms with van der Waals surface area (Å²) in [6.45, 7) is 4.70. The van der Waals surface area contributed by atoms with Gasteiger partial charge in [-0.1, -0.05) is 29.0 Å². The lowest BCUT2D eigenvalue weighted by Gasteiger charge is -2.23. The number of hydrogen-bond donors (Lipinski definition) is 0. The minimum absolute atomic E-state index is 0.0482. The molecule has 0 fully saturated rings. The van der Waals surface area contributed by atoms with E-state index in [4.69, 9.17) is 4.74 Å². The van der Waals surface area contributed by atoms with E-state index in [-0.39, 0.29) is 29.5 Å². The van der Waals surface area contributed by atoms with Crippen molar-refractivity contribution in [3.8, 4) is 0 Å². The molecule has 1 aromatic heterocycles. The summed E-state index contributed by atoms with van der Waals surface area (Å²) >= 11 is 1.02. The van der Waals surface area contributed by atoms with E-state index in [1.54, 1.807) is 33.2 Å². The summed E-state index contributed by atoms with van der Waals surface area (Å²) < 4.78 is 30.0. The summed E-state index contributed by atoms with van der Waals surface area (Å²) in [5.74, 6) is -0.653. The van der Waals surface area contributed by atoms with Gasteiger partial charge in [-0.25, -0.2) is 19.5 Å². The van der Waals surface area contributed by atoms with Crippen molar-refractivity contribution in [2.75, 3.05) is 25.6 Å². The Morgan fingerprint density at radius 3 is 2.31 bits per heavy atom. The first-order valence-corrected chi connectivity index (χ1v) is 9.66. The average molecular weight is 423 g/mol. The summed E-state index contributed by atoms with van der Waals surface area (Å²) in [4.78, 5) is 32.6. The molecule has 0 bridgehead atoms. The average Bonchev–Trinajstić information content (AvgIpc) is 3.04. The van der Waals surface area contributed by atoms with Crippen LogP contribution in [0.3, 0.4) is 0 Å². The first-order chi connectivity index (χ1) is 13.6. The number of carbonyl (C=O) groups is 2. The number of rotatable bonds is 6. The number of aromatic nitrogens is 1. The van der Waals surface area contributed by atoms with Gasteiger partial charge in [0.05, 0.1) is 18.0 Å². The highest BCUT2D eigenvalue weighted by atomic mass is 32.1. The van der Waals surface area contributed by atoms with Crippen LogP contribution in [0.5, 0.6) is 0 Å².